The average molecular weight is 439 g/mol. The first-order valence-electron chi connectivity index (χ1n) is 8.83. The number of esters is 1. The zero-order valence-corrected chi connectivity index (χ0v) is 18.2. The van der Waals surface area contributed by atoms with E-state index in [4.69, 9.17) is 16.3 Å². The Kier molecular flexibility index (Phi) is 7.26. The Labute approximate surface area is 175 Å². The molecule has 0 fully saturated rings. The number of halogens is 1. The molecule has 0 aliphatic carbocycles. The summed E-state index contributed by atoms with van der Waals surface area (Å²) in [5.74, 6) is -1.19. The fourth-order valence-electron chi connectivity index (χ4n) is 2.88. The summed E-state index contributed by atoms with van der Waals surface area (Å²) in [5, 5.41) is 3.04. The van der Waals surface area contributed by atoms with E-state index in [0.717, 1.165) is 16.1 Å². The van der Waals surface area contributed by atoms with E-state index < -0.39 is 27.9 Å². The Morgan fingerprint density at radius 3 is 2.41 bits per heavy atom. The van der Waals surface area contributed by atoms with Crippen LogP contribution in [0.2, 0.25) is 5.02 Å². The lowest BCUT2D eigenvalue weighted by atomic mass is 10.1. The van der Waals surface area contributed by atoms with Gasteiger partial charge in [0.15, 0.2) is 0 Å². The summed E-state index contributed by atoms with van der Waals surface area (Å²) in [5.41, 5.74) is 1.47. The molecular weight excluding hydrogens is 416 g/mol. The highest BCUT2D eigenvalue weighted by atomic mass is 35.5. The van der Waals surface area contributed by atoms with Crippen molar-refractivity contribution in [1.29, 1.82) is 0 Å². The van der Waals surface area contributed by atoms with Crippen molar-refractivity contribution >= 4 is 44.9 Å². The van der Waals surface area contributed by atoms with Crippen molar-refractivity contribution in [2.24, 2.45) is 0 Å². The third-order valence-corrected chi connectivity index (χ3v) is 5.92. The second kappa shape index (κ2) is 9.28. The molecule has 0 aliphatic heterocycles. The smallest absolute Gasteiger partial charge is 0.339 e. The number of carbonyl (C=O) groups is 2. The average Bonchev–Trinajstić information content (AvgIpc) is 2.67. The molecule has 2 aromatic carbocycles. The number of sulfonamides is 1. The second-order valence-electron chi connectivity index (χ2n) is 6.44. The van der Waals surface area contributed by atoms with Crippen molar-refractivity contribution in [1.82, 2.24) is 0 Å². The molecule has 1 N–H and O–H groups in total. The molecular formula is C20H23ClN2O5S. The maximum Gasteiger partial charge on any atom is 0.339 e. The number of nitrogens with one attached hydrogen (secondary N) is 1. The number of methoxy groups -OCH3 is 1. The molecule has 0 bridgehead atoms. The third kappa shape index (κ3) is 5.27. The predicted molar refractivity (Wildman–Crippen MR) is 114 cm³/mol. The number of amides is 1. The number of ether oxygens (including phenoxy) is 1. The number of aryl methyl sites for hydroxylation is 1. The van der Waals surface area contributed by atoms with E-state index in [-0.39, 0.29) is 23.4 Å². The summed E-state index contributed by atoms with van der Waals surface area (Å²) < 4.78 is 30.8. The van der Waals surface area contributed by atoms with Gasteiger partial charge < -0.3 is 10.1 Å². The van der Waals surface area contributed by atoms with Crippen molar-refractivity contribution in [3.63, 3.8) is 0 Å². The third-order valence-electron chi connectivity index (χ3n) is 4.33. The van der Waals surface area contributed by atoms with Crippen molar-refractivity contribution in [3.8, 4) is 0 Å². The van der Waals surface area contributed by atoms with Crippen LogP contribution in [0.4, 0.5) is 11.4 Å². The number of hydrogen-bond donors (Lipinski definition) is 1. The number of benzene rings is 2. The Morgan fingerprint density at radius 2 is 1.86 bits per heavy atom. The van der Waals surface area contributed by atoms with Crippen LogP contribution in [0.3, 0.4) is 0 Å². The molecule has 2 rings (SSSR count). The molecule has 0 saturated heterocycles. The Balaban J connectivity index is 2.45. The van der Waals surface area contributed by atoms with Crippen LogP contribution in [0.25, 0.3) is 0 Å². The quantitative estimate of drug-likeness (QED) is 0.666. The van der Waals surface area contributed by atoms with Crippen molar-refractivity contribution in [3.05, 3.63) is 58.6 Å². The topological polar surface area (TPSA) is 92.8 Å². The van der Waals surface area contributed by atoms with Gasteiger partial charge in [0.1, 0.15) is 6.04 Å². The SMILES string of the molecule is CCC(C(=O)Nc1ccccc1C(=O)OC)N(c1ccc(C)c(Cl)c1)S(C)(=O)=O. The molecule has 1 amide bonds. The minimum Gasteiger partial charge on any atom is -0.465 e. The molecule has 0 radical (unpaired) electrons. The standard InChI is InChI=1S/C20H23ClN2O5S/c1-5-18(19(24)22-17-9-7-6-8-15(17)20(25)28-3)23(29(4,26)27)14-11-10-13(2)16(21)12-14/h6-12,18H,5H2,1-4H3,(H,22,24). The van der Waals surface area contributed by atoms with Gasteiger partial charge in [-0.15, -0.1) is 0 Å². The van der Waals surface area contributed by atoms with E-state index in [1.807, 2.05) is 0 Å². The van der Waals surface area contributed by atoms with E-state index in [1.54, 1.807) is 44.2 Å². The number of anilines is 2. The molecule has 156 valence electrons. The zero-order chi connectivity index (χ0) is 21.8. The number of para-hydroxylation sites is 1. The normalized spacial score (nSPS) is 12.2. The fourth-order valence-corrected chi connectivity index (χ4v) is 4.25. The lowest BCUT2D eigenvalue weighted by Gasteiger charge is -2.30. The van der Waals surface area contributed by atoms with Crippen LogP contribution in [0.5, 0.6) is 0 Å². The zero-order valence-electron chi connectivity index (χ0n) is 16.6. The first-order valence-corrected chi connectivity index (χ1v) is 11.1. The van der Waals surface area contributed by atoms with Crippen molar-refractivity contribution < 1.29 is 22.7 Å². The summed E-state index contributed by atoms with van der Waals surface area (Å²) in [6.07, 6.45) is 1.23. The Hall–Kier alpha value is -2.58. The number of nitrogens with zero attached hydrogens (tertiary/aromatic N) is 1. The molecule has 0 spiro atoms. The van der Waals surface area contributed by atoms with Gasteiger partial charge in [0.05, 0.1) is 30.3 Å². The van der Waals surface area contributed by atoms with Crippen LogP contribution in [-0.2, 0) is 19.6 Å². The van der Waals surface area contributed by atoms with E-state index in [9.17, 15) is 18.0 Å². The lowest BCUT2D eigenvalue weighted by molar-refractivity contribution is -0.117. The van der Waals surface area contributed by atoms with Gasteiger partial charge in [-0.3, -0.25) is 9.10 Å². The van der Waals surface area contributed by atoms with Gasteiger partial charge in [0, 0.05) is 5.02 Å². The number of carbonyl (C=O) groups excluding carboxylic acids is 2. The van der Waals surface area contributed by atoms with Gasteiger partial charge in [-0.05, 0) is 43.2 Å². The van der Waals surface area contributed by atoms with Crippen LogP contribution in [-0.4, -0.2) is 39.7 Å². The molecule has 2 aromatic rings. The number of rotatable bonds is 7. The monoisotopic (exact) mass is 438 g/mol. The van der Waals surface area contributed by atoms with Crippen molar-refractivity contribution in [2.45, 2.75) is 26.3 Å². The molecule has 29 heavy (non-hydrogen) atoms. The Morgan fingerprint density at radius 1 is 1.21 bits per heavy atom. The highest BCUT2D eigenvalue weighted by Gasteiger charge is 2.32. The molecule has 7 nitrogen and oxygen atoms in total. The minimum atomic E-state index is -3.81. The predicted octanol–water partition coefficient (Wildman–Crippen LogP) is 3.62. The van der Waals surface area contributed by atoms with Gasteiger partial charge in [-0.2, -0.15) is 0 Å². The van der Waals surface area contributed by atoms with E-state index in [1.165, 1.54) is 19.2 Å². The maximum atomic E-state index is 13.0. The molecule has 0 aromatic heterocycles. The summed E-state index contributed by atoms with van der Waals surface area (Å²) in [4.78, 5) is 25.0. The summed E-state index contributed by atoms with van der Waals surface area (Å²) in [6, 6.07) is 10.1. The molecule has 0 heterocycles. The number of hydrogen-bond acceptors (Lipinski definition) is 5. The fraction of sp³-hybridized carbons (Fsp3) is 0.300. The second-order valence-corrected chi connectivity index (χ2v) is 8.71. The van der Waals surface area contributed by atoms with Crippen LogP contribution in [0.15, 0.2) is 42.5 Å². The van der Waals surface area contributed by atoms with E-state index in [2.05, 4.69) is 5.32 Å². The highest BCUT2D eigenvalue weighted by molar-refractivity contribution is 7.92. The van der Waals surface area contributed by atoms with Gasteiger partial charge in [-0.25, -0.2) is 13.2 Å². The maximum absolute atomic E-state index is 13.0. The van der Waals surface area contributed by atoms with E-state index >= 15 is 0 Å². The van der Waals surface area contributed by atoms with Crippen LogP contribution in [0, 0.1) is 6.92 Å². The van der Waals surface area contributed by atoms with Gasteiger partial charge in [0.25, 0.3) is 0 Å². The minimum absolute atomic E-state index is 0.169. The highest BCUT2D eigenvalue weighted by Crippen LogP contribution is 2.28. The molecule has 1 atom stereocenters. The Bertz CT molecular complexity index is 1020. The van der Waals surface area contributed by atoms with Gasteiger partial charge in [0.2, 0.25) is 15.9 Å². The van der Waals surface area contributed by atoms with Crippen LogP contribution in [0.1, 0.15) is 29.3 Å². The largest absolute Gasteiger partial charge is 0.465 e. The van der Waals surface area contributed by atoms with Crippen LogP contribution >= 0.6 is 11.6 Å². The summed E-state index contributed by atoms with van der Waals surface area (Å²) in [6.45, 7) is 3.50. The molecule has 9 heteroatoms. The van der Waals surface area contributed by atoms with Gasteiger partial charge in [-0.1, -0.05) is 36.7 Å². The lowest BCUT2D eigenvalue weighted by Crippen LogP contribution is -2.47. The summed E-state index contributed by atoms with van der Waals surface area (Å²) in [7, 11) is -2.57. The van der Waals surface area contributed by atoms with Crippen molar-refractivity contribution in [2.75, 3.05) is 23.0 Å². The first kappa shape index (κ1) is 22.7. The molecule has 0 saturated carbocycles. The molecule has 0 aliphatic rings. The first-order chi connectivity index (χ1) is 13.6. The summed E-state index contributed by atoms with van der Waals surface area (Å²) >= 11 is 6.16. The van der Waals surface area contributed by atoms with Crippen LogP contribution < -0.4 is 9.62 Å². The van der Waals surface area contributed by atoms with E-state index in [0.29, 0.717) is 5.02 Å². The molecule has 1 unspecified atom stereocenters. The van der Waals surface area contributed by atoms with Gasteiger partial charge >= 0.3 is 5.97 Å².